The number of carbonyl (C=O) groups excluding carboxylic acids is 1. The number of amides is 1. The summed E-state index contributed by atoms with van der Waals surface area (Å²) in [5.41, 5.74) is 0.348. The molecule has 0 radical (unpaired) electrons. The smallest absolute Gasteiger partial charge is 0.270 e. The predicted molar refractivity (Wildman–Crippen MR) is 91.5 cm³/mol. The van der Waals surface area contributed by atoms with Gasteiger partial charge >= 0.3 is 0 Å². The van der Waals surface area contributed by atoms with E-state index in [2.05, 4.69) is 20.3 Å². The largest absolute Gasteiger partial charge is 0.472 e. The molecule has 0 aromatic carbocycles. The Balaban J connectivity index is 1.68. The maximum atomic E-state index is 12.6. The van der Waals surface area contributed by atoms with E-state index in [9.17, 15) is 4.79 Å². The summed E-state index contributed by atoms with van der Waals surface area (Å²) in [6.07, 6.45) is 3.77. The zero-order chi connectivity index (χ0) is 17.6. The molecule has 7 nitrogen and oxygen atoms in total. The Morgan fingerprint density at radius 3 is 2.92 bits per heavy atom. The van der Waals surface area contributed by atoms with Crippen LogP contribution in [0.2, 0.25) is 0 Å². The molecule has 1 N–H and O–H groups in total. The lowest BCUT2D eigenvalue weighted by molar-refractivity contribution is -0.00455. The predicted octanol–water partition coefficient (Wildman–Crippen LogP) is 1.96. The molecule has 0 aliphatic carbocycles. The second-order valence-electron chi connectivity index (χ2n) is 6.22. The number of pyridine rings is 1. The van der Waals surface area contributed by atoms with Crippen molar-refractivity contribution in [2.24, 2.45) is 0 Å². The molecule has 2 aromatic rings. The van der Waals surface area contributed by atoms with Crippen molar-refractivity contribution < 1.29 is 14.3 Å². The van der Waals surface area contributed by atoms with Crippen LogP contribution >= 0.6 is 0 Å². The lowest BCUT2D eigenvalue weighted by atomic mass is 10.1. The molecule has 3 rings (SSSR count). The van der Waals surface area contributed by atoms with Crippen LogP contribution < -0.4 is 10.1 Å². The van der Waals surface area contributed by atoms with E-state index in [0.717, 1.165) is 0 Å². The van der Waals surface area contributed by atoms with Crippen LogP contribution in [0.4, 0.5) is 0 Å². The Labute approximate surface area is 146 Å². The summed E-state index contributed by atoms with van der Waals surface area (Å²) in [6, 6.07) is 6.84. The highest BCUT2D eigenvalue weighted by Gasteiger charge is 2.30. The molecule has 0 spiro atoms. The minimum absolute atomic E-state index is 0.158. The van der Waals surface area contributed by atoms with Gasteiger partial charge in [-0.15, -0.1) is 0 Å². The van der Waals surface area contributed by atoms with Crippen molar-refractivity contribution in [2.45, 2.75) is 38.3 Å². The maximum Gasteiger partial charge on any atom is 0.270 e. The molecule has 1 fully saturated rings. The quantitative estimate of drug-likeness (QED) is 0.894. The Bertz CT molecular complexity index is 708. The highest BCUT2D eigenvalue weighted by atomic mass is 16.5. The van der Waals surface area contributed by atoms with E-state index >= 15 is 0 Å². The number of hydrogen-bond donors (Lipinski definition) is 1. The highest BCUT2D eigenvalue weighted by Crippen LogP contribution is 2.16. The van der Waals surface area contributed by atoms with E-state index < -0.39 is 0 Å². The average Bonchev–Trinajstić information content (AvgIpc) is 2.64. The van der Waals surface area contributed by atoms with Gasteiger partial charge in [-0.1, -0.05) is 19.9 Å². The fourth-order valence-electron chi connectivity index (χ4n) is 2.59. The van der Waals surface area contributed by atoms with Crippen LogP contribution in [0, 0.1) is 0 Å². The molecule has 1 aliphatic rings. The van der Waals surface area contributed by atoms with Crippen LogP contribution in [-0.2, 0) is 4.74 Å². The van der Waals surface area contributed by atoms with Crippen molar-refractivity contribution in [2.75, 3.05) is 13.2 Å². The summed E-state index contributed by atoms with van der Waals surface area (Å²) in [5, 5.41) is 2.96. The maximum absolute atomic E-state index is 12.6. The minimum atomic E-state index is -0.263. The van der Waals surface area contributed by atoms with Gasteiger partial charge in [-0.2, -0.15) is 0 Å². The van der Waals surface area contributed by atoms with Gasteiger partial charge in [0.25, 0.3) is 5.91 Å². The molecular formula is C18H22N4O3. The molecule has 7 heteroatoms. The van der Waals surface area contributed by atoms with Gasteiger partial charge in [-0.05, 0) is 12.1 Å². The third kappa shape index (κ3) is 4.51. The molecule has 132 valence electrons. The second kappa shape index (κ2) is 8.02. The summed E-state index contributed by atoms with van der Waals surface area (Å²) in [5.74, 6) is 1.09. The zero-order valence-corrected chi connectivity index (χ0v) is 14.4. The van der Waals surface area contributed by atoms with Gasteiger partial charge in [0, 0.05) is 30.8 Å². The fraction of sp³-hybridized carbons (Fsp3) is 0.444. The summed E-state index contributed by atoms with van der Waals surface area (Å²) in [6.45, 7) is 4.96. The Morgan fingerprint density at radius 1 is 1.28 bits per heavy atom. The van der Waals surface area contributed by atoms with Gasteiger partial charge < -0.3 is 14.8 Å². The zero-order valence-electron chi connectivity index (χ0n) is 14.4. The standard InChI is InChI=1S/C18H22N4O3/c1-12(2)17-20-9-6-13(21-17)18(23)22-14-11-24-10-7-15(14)25-16-5-3-4-8-19-16/h3-6,8-9,12,14-15H,7,10-11H2,1-2H3,(H,22,23)/t14-,15-/m1/s1. The number of ether oxygens (including phenoxy) is 2. The third-order valence-electron chi connectivity index (χ3n) is 3.94. The average molecular weight is 342 g/mol. The lowest BCUT2D eigenvalue weighted by Gasteiger charge is -2.31. The summed E-state index contributed by atoms with van der Waals surface area (Å²) in [4.78, 5) is 25.3. The van der Waals surface area contributed by atoms with Gasteiger partial charge in [0.05, 0.1) is 19.3 Å². The molecule has 0 unspecified atom stereocenters. The number of nitrogens with zero attached hydrogens (tertiary/aromatic N) is 3. The third-order valence-corrected chi connectivity index (χ3v) is 3.94. The Kier molecular flexibility index (Phi) is 5.55. The first-order valence-corrected chi connectivity index (χ1v) is 8.42. The minimum Gasteiger partial charge on any atom is -0.472 e. The van der Waals surface area contributed by atoms with Crippen LogP contribution in [0.3, 0.4) is 0 Å². The molecule has 3 heterocycles. The summed E-state index contributed by atoms with van der Waals surface area (Å²) in [7, 11) is 0. The first kappa shape index (κ1) is 17.3. The van der Waals surface area contributed by atoms with Crippen molar-refractivity contribution in [1.82, 2.24) is 20.3 Å². The molecule has 2 aromatic heterocycles. The van der Waals surface area contributed by atoms with Gasteiger partial charge in [-0.3, -0.25) is 4.79 Å². The molecule has 1 aliphatic heterocycles. The van der Waals surface area contributed by atoms with Crippen LogP contribution in [0.25, 0.3) is 0 Å². The van der Waals surface area contributed by atoms with Gasteiger partial charge in [-0.25, -0.2) is 15.0 Å². The molecule has 2 atom stereocenters. The van der Waals surface area contributed by atoms with Crippen LogP contribution in [-0.4, -0.2) is 46.2 Å². The number of aromatic nitrogens is 3. The van der Waals surface area contributed by atoms with Crippen LogP contribution in [0.15, 0.2) is 36.7 Å². The number of rotatable bonds is 5. The van der Waals surface area contributed by atoms with E-state index in [1.807, 2.05) is 26.0 Å². The van der Waals surface area contributed by atoms with E-state index in [1.54, 1.807) is 24.5 Å². The van der Waals surface area contributed by atoms with E-state index in [4.69, 9.17) is 9.47 Å². The SMILES string of the molecule is CC(C)c1nccc(C(=O)N[C@@H]2COCC[C@H]2Oc2ccccn2)n1. The van der Waals surface area contributed by atoms with E-state index in [0.29, 0.717) is 37.0 Å². The summed E-state index contributed by atoms with van der Waals surface area (Å²) >= 11 is 0. The van der Waals surface area contributed by atoms with E-state index in [-0.39, 0.29) is 24.0 Å². The van der Waals surface area contributed by atoms with Crippen molar-refractivity contribution in [3.8, 4) is 5.88 Å². The Morgan fingerprint density at radius 2 is 2.16 bits per heavy atom. The number of hydrogen-bond acceptors (Lipinski definition) is 6. The molecule has 25 heavy (non-hydrogen) atoms. The second-order valence-corrected chi connectivity index (χ2v) is 6.22. The molecule has 1 amide bonds. The molecular weight excluding hydrogens is 320 g/mol. The summed E-state index contributed by atoms with van der Waals surface area (Å²) < 4.78 is 11.4. The van der Waals surface area contributed by atoms with Crippen LogP contribution in [0.1, 0.15) is 42.5 Å². The number of carbonyl (C=O) groups is 1. The fourth-order valence-corrected chi connectivity index (χ4v) is 2.59. The van der Waals surface area contributed by atoms with Gasteiger partial charge in [0.2, 0.25) is 5.88 Å². The van der Waals surface area contributed by atoms with Crippen molar-refractivity contribution in [1.29, 1.82) is 0 Å². The number of nitrogens with one attached hydrogen (secondary N) is 1. The van der Waals surface area contributed by atoms with Crippen molar-refractivity contribution in [3.63, 3.8) is 0 Å². The monoisotopic (exact) mass is 342 g/mol. The van der Waals surface area contributed by atoms with Crippen molar-refractivity contribution >= 4 is 5.91 Å². The van der Waals surface area contributed by atoms with E-state index in [1.165, 1.54) is 0 Å². The van der Waals surface area contributed by atoms with Gasteiger partial charge in [0.15, 0.2) is 0 Å². The van der Waals surface area contributed by atoms with Gasteiger partial charge in [0.1, 0.15) is 17.6 Å². The normalized spacial score (nSPS) is 20.3. The molecule has 0 bridgehead atoms. The first-order valence-electron chi connectivity index (χ1n) is 8.42. The highest BCUT2D eigenvalue weighted by molar-refractivity contribution is 5.92. The lowest BCUT2D eigenvalue weighted by Crippen LogP contribution is -2.52. The topological polar surface area (TPSA) is 86.2 Å². The van der Waals surface area contributed by atoms with Crippen LogP contribution in [0.5, 0.6) is 5.88 Å². The first-order chi connectivity index (χ1) is 12.1. The Hall–Kier alpha value is -2.54. The van der Waals surface area contributed by atoms with Crippen molar-refractivity contribution in [3.05, 3.63) is 48.2 Å². The molecule has 1 saturated heterocycles. The molecule has 0 saturated carbocycles.